The van der Waals surface area contributed by atoms with Crippen molar-refractivity contribution >= 4 is 44.3 Å². The Morgan fingerprint density at radius 1 is 1.20 bits per heavy atom. The molecule has 3 aromatic rings. The van der Waals surface area contributed by atoms with Gasteiger partial charge in [-0.15, -0.1) is 22.7 Å². The van der Waals surface area contributed by atoms with Gasteiger partial charge in [0.05, 0.1) is 17.7 Å². The summed E-state index contributed by atoms with van der Waals surface area (Å²) in [6.07, 6.45) is 1.52. The van der Waals surface area contributed by atoms with Crippen molar-refractivity contribution in [3.63, 3.8) is 0 Å². The molecule has 0 atom stereocenters. The van der Waals surface area contributed by atoms with E-state index in [2.05, 4.69) is 10.3 Å². The van der Waals surface area contributed by atoms with Crippen LogP contribution >= 0.6 is 22.7 Å². The first-order valence-electron chi connectivity index (χ1n) is 9.48. The maximum atomic E-state index is 13.1. The van der Waals surface area contributed by atoms with E-state index in [-0.39, 0.29) is 16.6 Å². The zero-order chi connectivity index (χ0) is 21.7. The summed E-state index contributed by atoms with van der Waals surface area (Å²) in [5, 5.41) is 5.49. The number of aromatic nitrogens is 1. The second-order valence-electron chi connectivity index (χ2n) is 6.14. The van der Waals surface area contributed by atoms with E-state index >= 15 is 0 Å². The second-order valence-corrected chi connectivity index (χ2v) is 10.0. The Labute approximate surface area is 184 Å². The standard InChI is InChI=1S/C20H23N3O4S3/c1-4-23(5-2)30(25,26)18-12-14(9-10-15(18)27-6-3)22-19(24)17-13-21-20(29-17)16-8-7-11-28-16/h7-13H,4-6H2,1-3H3,(H,22,24). The molecular formula is C20H23N3O4S3. The molecule has 0 saturated carbocycles. The molecule has 0 aliphatic heterocycles. The van der Waals surface area contributed by atoms with Crippen LogP contribution in [0, 0.1) is 0 Å². The fraction of sp³-hybridized carbons (Fsp3) is 0.300. The Bertz CT molecular complexity index is 1100. The SMILES string of the molecule is CCOc1ccc(NC(=O)c2cnc(-c3cccs3)s2)cc1S(=O)(=O)N(CC)CC. The summed E-state index contributed by atoms with van der Waals surface area (Å²) in [6, 6.07) is 8.52. The Hall–Kier alpha value is -2.27. The molecule has 0 bridgehead atoms. The highest BCUT2D eigenvalue weighted by Gasteiger charge is 2.26. The van der Waals surface area contributed by atoms with Gasteiger partial charge in [-0.2, -0.15) is 4.31 Å². The van der Waals surface area contributed by atoms with Gasteiger partial charge in [-0.1, -0.05) is 19.9 Å². The molecule has 1 N–H and O–H groups in total. The number of anilines is 1. The van der Waals surface area contributed by atoms with E-state index in [1.165, 1.54) is 27.9 Å². The van der Waals surface area contributed by atoms with Crippen LogP contribution in [0.1, 0.15) is 30.4 Å². The minimum Gasteiger partial charge on any atom is -0.492 e. The number of hydrogen-bond donors (Lipinski definition) is 1. The largest absolute Gasteiger partial charge is 0.492 e. The lowest BCUT2D eigenvalue weighted by molar-refractivity contribution is 0.103. The predicted octanol–water partition coefficient (Wildman–Crippen LogP) is 4.55. The highest BCUT2D eigenvalue weighted by Crippen LogP contribution is 2.32. The third-order valence-electron chi connectivity index (χ3n) is 4.29. The van der Waals surface area contributed by atoms with E-state index < -0.39 is 10.0 Å². The number of rotatable bonds is 9. The van der Waals surface area contributed by atoms with E-state index in [1.54, 1.807) is 44.2 Å². The van der Waals surface area contributed by atoms with Crippen molar-refractivity contribution in [3.8, 4) is 15.6 Å². The third kappa shape index (κ3) is 4.72. The molecule has 2 heterocycles. The van der Waals surface area contributed by atoms with Crippen molar-refractivity contribution in [2.75, 3.05) is 25.0 Å². The Morgan fingerprint density at radius 2 is 1.97 bits per heavy atom. The molecule has 2 aromatic heterocycles. The predicted molar refractivity (Wildman–Crippen MR) is 121 cm³/mol. The number of amides is 1. The zero-order valence-electron chi connectivity index (χ0n) is 16.9. The minimum atomic E-state index is -3.75. The molecule has 3 rings (SSSR count). The first-order valence-corrected chi connectivity index (χ1v) is 12.6. The Balaban J connectivity index is 1.89. The van der Waals surface area contributed by atoms with Gasteiger partial charge in [0.15, 0.2) is 0 Å². The maximum Gasteiger partial charge on any atom is 0.267 e. The molecular weight excluding hydrogens is 442 g/mol. The van der Waals surface area contributed by atoms with Gasteiger partial charge in [-0.05, 0) is 36.6 Å². The van der Waals surface area contributed by atoms with Gasteiger partial charge in [0.2, 0.25) is 10.0 Å². The van der Waals surface area contributed by atoms with Crippen LogP contribution in [0.3, 0.4) is 0 Å². The smallest absolute Gasteiger partial charge is 0.267 e. The number of benzene rings is 1. The third-order valence-corrected chi connectivity index (χ3v) is 8.39. The van der Waals surface area contributed by atoms with E-state index in [0.717, 1.165) is 9.88 Å². The number of hydrogen-bond acceptors (Lipinski definition) is 7. The van der Waals surface area contributed by atoms with Gasteiger partial charge in [0.25, 0.3) is 5.91 Å². The number of carbonyl (C=O) groups excluding carboxylic acids is 1. The fourth-order valence-electron chi connectivity index (χ4n) is 2.85. The molecule has 0 radical (unpaired) electrons. The summed E-state index contributed by atoms with van der Waals surface area (Å²) in [6.45, 7) is 6.36. The average Bonchev–Trinajstić information content (AvgIpc) is 3.42. The molecule has 10 heteroatoms. The van der Waals surface area contributed by atoms with Crippen molar-refractivity contribution in [1.82, 2.24) is 9.29 Å². The summed E-state index contributed by atoms with van der Waals surface area (Å²) < 4.78 is 33.0. The van der Waals surface area contributed by atoms with Crippen LogP contribution in [0.25, 0.3) is 9.88 Å². The molecule has 0 saturated heterocycles. The summed E-state index contributed by atoms with van der Waals surface area (Å²) in [5.41, 5.74) is 0.375. The van der Waals surface area contributed by atoms with Crippen molar-refractivity contribution in [2.24, 2.45) is 0 Å². The summed E-state index contributed by atoms with van der Waals surface area (Å²) in [4.78, 5) is 18.5. The second kappa shape index (κ2) is 9.69. The average molecular weight is 466 g/mol. The van der Waals surface area contributed by atoms with Crippen LogP contribution < -0.4 is 10.1 Å². The maximum absolute atomic E-state index is 13.1. The van der Waals surface area contributed by atoms with E-state index in [4.69, 9.17) is 4.74 Å². The van der Waals surface area contributed by atoms with Crippen LogP contribution in [0.15, 0.2) is 46.8 Å². The quantitative estimate of drug-likeness (QED) is 0.501. The van der Waals surface area contributed by atoms with Gasteiger partial charge < -0.3 is 10.1 Å². The highest BCUT2D eigenvalue weighted by molar-refractivity contribution is 7.89. The molecule has 0 unspecified atom stereocenters. The summed E-state index contributed by atoms with van der Waals surface area (Å²) >= 11 is 2.84. The van der Waals surface area contributed by atoms with Gasteiger partial charge in [-0.25, -0.2) is 13.4 Å². The van der Waals surface area contributed by atoms with Gasteiger partial charge in [-0.3, -0.25) is 4.79 Å². The van der Waals surface area contributed by atoms with Crippen LogP contribution in [0.4, 0.5) is 5.69 Å². The summed E-state index contributed by atoms with van der Waals surface area (Å²) in [7, 11) is -3.75. The summed E-state index contributed by atoms with van der Waals surface area (Å²) in [5.74, 6) is -0.0779. The van der Waals surface area contributed by atoms with Crippen LogP contribution in [0.2, 0.25) is 0 Å². The first kappa shape index (κ1) is 22.4. The van der Waals surface area contributed by atoms with E-state index in [1.807, 2.05) is 17.5 Å². The molecule has 30 heavy (non-hydrogen) atoms. The number of thiazole rings is 1. The number of nitrogens with one attached hydrogen (secondary N) is 1. The van der Waals surface area contributed by atoms with Crippen LogP contribution in [0.5, 0.6) is 5.75 Å². The van der Waals surface area contributed by atoms with Gasteiger partial charge >= 0.3 is 0 Å². The van der Waals surface area contributed by atoms with Gasteiger partial charge in [0, 0.05) is 18.8 Å². The molecule has 7 nitrogen and oxygen atoms in total. The number of sulfonamides is 1. The monoisotopic (exact) mass is 465 g/mol. The molecule has 1 amide bonds. The lowest BCUT2D eigenvalue weighted by Crippen LogP contribution is -2.31. The van der Waals surface area contributed by atoms with Crippen molar-refractivity contribution < 1.29 is 17.9 Å². The lowest BCUT2D eigenvalue weighted by atomic mass is 10.3. The number of ether oxygens (including phenoxy) is 1. The fourth-order valence-corrected chi connectivity index (χ4v) is 6.08. The molecule has 160 valence electrons. The van der Waals surface area contributed by atoms with E-state index in [9.17, 15) is 13.2 Å². The zero-order valence-corrected chi connectivity index (χ0v) is 19.4. The van der Waals surface area contributed by atoms with Crippen molar-refractivity contribution in [1.29, 1.82) is 0 Å². The van der Waals surface area contributed by atoms with E-state index in [0.29, 0.717) is 30.3 Å². The van der Waals surface area contributed by atoms with Gasteiger partial charge in [0.1, 0.15) is 20.5 Å². The minimum absolute atomic E-state index is 0.0365. The molecule has 0 spiro atoms. The molecule has 0 aliphatic rings. The van der Waals surface area contributed by atoms with Crippen molar-refractivity contribution in [3.05, 3.63) is 46.8 Å². The Morgan fingerprint density at radius 3 is 2.60 bits per heavy atom. The molecule has 0 aliphatic carbocycles. The highest BCUT2D eigenvalue weighted by atomic mass is 32.2. The first-order chi connectivity index (χ1) is 14.4. The van der Waals surface area contributed by atoms with Crippen LogP contribution in [-0.2, 0) is 10.0 Å². The van der Waals surface area contributed by atoms with Crippen molar-refractivity contribution in [2.45, 2.75) is 25.7 Å². The molecule has 1 aromatic carbocycles. The Kier molecular flexibility index (Phi) is 7.24. The normalized spacial score (nSPS) is 11.6. The number of carbonyl (C=O) groups is 1. The van der Waals surface area contributed by atoms with Crippen LogP contribution in [-0.4, -0.2) is 43.3 Å². The topological polar surface area (TPSA) is 88.6 Å². The molecule has 0 fully saturated rings. The number of nitrogens with zero attached hydrogens (tertiary/aromatic N) is 2. The lowest BCUT2D eigenvalue weighted by Gasteiger charge is -2.21. The number of thiophene rings is 1.